The van der Waals surface area contributed by atoms with Gasteiger partial charge in [-0.05, 0) is 0 Å². The van der Waals surface area contributed by atoms with Gasteiger partial charge in [0, 0.05) is 0 Å². The van der Waals surface area contributed by atoms with Gasteiger partial charge < -0.3 is 15.9 Å². The summed E-state index contributed by atoms with van der Waals surface area (Å²) in [5.41, 5.74) is 0. The Balaban J connectivity index is 2.52. The fourth-order valence-electron chi connectivity index (χ4n) is 1.14. The van der Waals surface area contributed by atoms with Crippen molar-refractivity contribution < 1.29 is 21.8 Å². The molecule has 0 aromatic heterocycles. The van der Waals surface area contributed by atoms with Gasteiger partial charge in [-0.3, -0.25) is 4.79 Å². The van der Waals surface area contributed by atoms with E-state index in [0.29, 0.717) is 6.21 Å². The molecule has 0 aliphatic carbocycles. The molecule has 0 aromatic carbocycles. The summed E-state index contributed by atoms with van der Waals surface area (Å²) < 4.78 is 27.7. The van der Waals surface area contributed by atoms with Gasteiger partial charge in [-0.25, -0.2) is 8.60 Å². The quantitative estimate of drug-likeness (QED) is 0.226. The summed E-state index contributed by atoms with van der Waals surface area (Å²) in [7, 11) is -4.67. The van der Waals surface area contributed by atoms with Gasteiger partial charge in [-0.15, -0.1) is 8.42 Å². The first-order valence-corrected chi connectivity index (χ1v) is 5.05. The molecule has 1 amide bonds. The van der Waals surface area contributed by atoms with Crippen LogP contribution in [0, 0.1) is 10.6 Å². The Labute approximate surface area is 80.1 Å². The minimum atomic E-state index is -4.67. The highest BCUT2D eigenvalue weighted by atomic mass is 32.2. The maximum Gasteiger partial charge on any atom is 0.433 e. The molecule has 1 heterocycles. The Bertz CT molecular complexity index is 358. The van der Waals surface area contributed by atoms with Crippen LogP contribution in [0.1, 0.15) is 0 Å². The van der Waals surface area contributed by atoms with Crippen molar-refractivity contribution in [1.29, 1.82) is 5.41 Å². The van der Waals surface area contributed by atoms with Crippen LogP contribution in [0.4, 0.5) is 0 Å². The molecule has 1 saturated heterocycles. The first kappa shape index (κ1) is 11.0. The largest absolute Gasteiger partial charge is 0.615 e. The highest BCUT2D eigenvalue weighted by Gasteiger charge is 2.47. The van der Waals surface area contributed by atoms with Crippen molar-refractivity contribution in [2.75, 3.05) is 13.1 Å². The third-order valence-electron chi connectivity index (χ3n) is 1.90. The van der Waals surface area contributed by atoms with Crippen molar-refractivity contribution in [3.63, 3.8) is 0 Å². The zero-order valence-electron chi connectivity index (χ0n) is 7.00. The monoisotopic (exact) mass is 223 g/mol. The number of amides is 1. The number of hydrogen-bond donors (Lipinski definition) is 3. The Kier molecular flexibility index (Phi) is 2.58. The molecule has 0 atom stereocenters. The van der Waals surface area contributed by atoms with Gasteiger partial charge in [0.05, 0.1) is 6.21 Å². The summed E-state index contributed by atoms with van der Waals surface area (Å²) in [6.45, 7) is -0.864. The number of rotatable bonds is 3. The number of nitrogens with zero attached hydrogens (tertiary/aromatic N) is 1. The normalized spacial score (nSPS) is 31.7. The molecule has 9 heteroatoms. The fourth-order valence-corrected chi connectivity index (χ4v) is 1.88. The van der Waals surface area contributed by atoms with Crippen molar-refractivity contribution >= 4 is 22.4 Å². The molecular weight excluding hydrogens is 214 g/mol. The molecule has 3 N–H and O–H groups in total. The van der Waals surface area contributed by atoms with Crippen molar-refractivity contribution in [2.45, 2.75) is 6.04 Å². The smallest absolute Gasteiger partial charge is 0.433 e. The molecule has 0 bridgehead atoms. The lowest BCUT2D eigenvalue weighted by Crippen LogP contribution is -2.70. The van der Waals surface area contributed by atoms with Crippen molar-refractivity contribution in [3.05, 3.63) is 5.21 Å². The topological polar surface area (TPSA) is 130 Å². The van der Waals surface area contributed by atoms with E-state index in [1.807, 2.05) is 0 Å². The highest BCUT2D eigenvalue weighted by Crippen LogP contribution is 2.22. The van der Waals surface area contributed by atoms with E-state index in [2.05, 4.69) is 5.32 Å². The molecular formula is C5H9N3O5S. The highest BCUT2D eigenvalue weighted by molar-refractivity contribution is 7.80. The average Bonchev–Trinajstić information content (AvgIpc) is 1.99. The molecule has 80 valence electrons. The summed E-state index contributed by atoms with van der Waals surface area (Å²) >= 11 is 0. The van der Waals surface area contributed by atoms with Crippen LogP contribution in [0.2, 0.25) is 0 Å². The van der Waals surface area contributed by atoms with E-state index in [-0.39, 0.29) is 0 Å². The predicted molar refractivity (Wildman–Crippen MR) is 45.6 cm³/mol. The molecule has 1 aliphatic heterocycles. The predicted octanol–water partition coefficient (Wildman–Crippen LogP) is -1.75. The Morgan fingerprint density at radius 3 is 2.50 bits per heavy atom. The van der Waals surface area contributed by atoms with E-state index in [4.69, 9.17) is 9.96 Å². The van der Waals surface area contributed by atoms with Gasteiger partial charge in [0.1, 0.15) is 19.1 Å². The summed E-state index contributed by atoms with van der Waals surface area (Å²) in [4.78, 5) is 10.6. The summed E-state index contributed by atoms with van der Waals surface area (Å²) in [5.74, 6) is -0.698. The summed E-state index contributed by atoms with van der Waals surface area (Å²) in [6, 6.07) is -0.608. The van der Waals surface area contributed by atoms with Gasteiger partial charge >= 0.3 is 10.3 Å². The molecule has 0 unspecified atom stereocenters. The van der Waals surface area contributed by atoms with E-state index in [9.17, 15) is 18.4 Å². The third-order valence-corrected chi connectivity index (χ3v) is 3.03. The standard InChI is InChI=1S/C5H9N3O5S/c6-1-5(9)7-4-2-8(10,3-4)14(11,12)13/h1,4,6H,2-3H2,(H,7,9)(H,11,12,13). The van der Waals surface area contributed by atoms with Crippen LogP contribution >= 0.6 is 0 Å². The van der Waals surface area contributed by atoms with Crippen LogP contribution < -0.4 is 5.32 Å². The SMILES string of the molecule is N=CC(=O)NC1C[N+]([O-])(S(=O)(=O)O)C1. The Morgan fingerprint density at radius 1 is 1.64 bits per heavy atom. The number of hydroxylamine groups is 2. The second-order valence-electron chi connectivity index (χ2n) is 2.98. The van der Waals surface area contributed by atoms with Gasteiger partial charge in [-0.1, -0.05) is 0 Å². The van der Waals surface area contributed by atoms with Gasteiger partial charge in [0.15, 0.2) is 0 Å². The van der Waals surface area contributed by atoms with Gasteiger partial charge in [0.25, 0.3) is 5.91 Å². The second kappa shape index (κ2) is 3.28. The first-order chi connectivity index (χ1) is 6.28. The van der Waals surface area contributed by atoms with Crippen LogP contribution in [0.25, 0.3) is 0 Å². The zero-order valence-corrected chi connectivity index (χ0v) is 7.82. The van der Waals surface area contributed by atoms with Crippen LogP contribution in [0.3, 0.4) is 0 Å². The van der Waals surface area contributed by atoms with Crippen LogP contribution in [0.5, 0.6) is 0 Å². The Hall–Kier alpha value is -1.03. The molecule has 14 heavy (non-hydrogen) atoms. The van der Waals surface area contributed by atoms with Gasteiger partial charge in [0.2, 0.25) is 0 Å². The fraction of sp³-hybridized carbons (Fsp3) is 0.600. The minimum Gasteiger partial charge on any atom is -0.615 e. The molecule has 1 fully saturated rings. The van der Waals surface area contributed by atoms with Crippen LogP contribution in [-0.2, 0) is 15.1 Å². The maximum absolute atomic E-state index is 11.2. The van der Waals surface area contributed by atoms with E-state index in [0.717, 1.165) is 0 Å². The van der Waals surface area contributed by atoms with E-state index < -0.39 is 39.4 Å². The lowest BCUT2D eigenvalue weighted by atomic mass is 10.2. The average molecular weight is 223 g/mol. The number of carbonyl (C=O) groups is 1. The summed E-state index contributed by atoms with van der Waals surface area (Å²) in [5, 5.41) is 19.9. The number of hydrogen-bond acceptors (Lipinski definition) is 5. The van der Waals surface area contributed by atoms with Crippen molar-refractivity contribution in [1.82, 2.24) is 5.32 Å². The van der Waals surface area contributed by atoms with E-state index >= 15 is 0 Å². The maximum atomic E-state index is 11.2. The molecule has 0 spiro atoms. The molecule has 0 saturated carbocycles. The zero-order chi connectivity index (χ0) is 11.0. The molecule has 1 aliphatic rings. The molecule has 0 aromatic rings. The summed E-state index contributed by atoms with van der Waals surface area (Å²) in [6.07, 6.45) is 0.519. The Morgan fingerprint density at radius 2 is 2.14 bits per heavy atom. The van der Waals surface area contributed by atoms with Crippen LogP contribution in [0.15, 0.2) is 0 Å². The molecule has 8 nitrogen and oxygen atoms in total. The third kappa shape index (κ3) is 1.90. The number of nitrogens with one attached hydrogen (secondary N) is 2. The van der Waals surface area contributed by atoms with Crippen molar-refractivity contribution in [2.24, 2.45) is 0 Å². The van der Waals surface area contributed by atoms with E-state index in [1.54, 1.807) is 0 Å². The molecule has 0 radical (unpaired) electrons. The number of quaternary nitrogens is 1. The van der Waals surface area contributed by atoms with Gasteiger partial charge in [-0.2, -0.15) is 0 Å². The van der Waals surface area contributed by atoms with Crippen molar-refractivity contribution in [3.8, 4) is 0 Å². The number of carbonyl (C=O) groups excluding carboxylic acids is 1. The second-order valence-corrected chi connectivity index (χ2v) is 4.54. The molecule has 1 rings (SSSR count). The lowest BCUT2D eigenvalue weighted by Gasteiger charge is -2.48. The minimum absolute atomic E-state index is 0.432. The van der Waals surface area contributed by atoms with E-state index in [1.165, 1.54) is 0 Å². The lowest BCUT2D eigenvalue weighted by molar-refractivity contribution is -0.805. The first-order valence-electron chi connectivity index (χ1n) is 3.65. The van der Waals surface area contributed by atoms with Crippen LogP contribution in [-0.4, -0.2) is 48.3 Å².